The number of sulfonamides is 1. The fraction of sp³-hybridized carbons (Fsp3) is 0.111. The number of ketones is 1. The molecule has 4 N–H and O–H groups in total. The van der Waals surface area contributed by atoms with Crippen LogP contribution in [0, 0.1) is 12.7 Å². The maximum atomic E-state index is 15.2. The minimum absolute atomic E-state index is 0.0469. The second-order valence-corrected chi connectivity index (χ2v) is 10.6. The minimum Gasteiger partial charge on any atom is -0.495 e. The molecule has 0 aliphatic carbocycles. The van der Waals surface area contributed by atoms with E-state index in [0.29, 0.717) is 28.0 Å². The van der Waals surface area contributed by atoms with Gasteiger partial charge in [-0.25, -0.2) is 17.5 Å². The number of nitrogen functional groups attached to an aromatic ring is 1. The summed E-state index contributed by atoms with van der Waals surface area (Å²) in [6.07, 6.45) is 2.29. The number of hydrogen-bond acceptors (Lipinski definition) is 7. The number of benzene rings is 3. The molecule has 0 saturated heterocycles. The number of rotatable bonds is 8. The monoisotopic (exact) mass is 549 g/mol. The van der Waals surface area contributed by atoms with Gasteiger partial charge in [0.25, 0.3) is 0 Å². The van der Waals surface area contributed by atoms with E-state index >= 15 is 4.39 Å². The first-order valence-electron chi connectivity index (χ1n) is 11.6. The topological polar surface area (TPSA) is 141 Å². The van der Waals surface area contributed by atoms with Crippen LogP contribution < -0.4 is 19.9 Å². The minimum atomic E-state index is -3.56. The van der Waals surface area contributed by atoms with Crippen LogP contribution in [-0.2, 0) is 10.0 Å². The molecular weight excluding hydrogens is 525 g/mol. The van der Waals surface area contributed by atoms with Crippen molar-refractivity contribution in [2.75, 3.05) is 23.8 Å². The number of hydrogen-bond donors (Lipinski definition) is 3. The van der Waals surface area contributed by atoms with E-state index < -0.39 is 21.6 Å². The van der Waals surface area contributed by atoms with Gasteiger partial charge in [-0.2, -0.15) is 5.10 Å². The van der Waals surface area contributed by atoms with Gasteiger partial charge < -0.3 is 20.2 Å². The van der Waals surface area contributed by atoms with Gasteiger partial charge in [-0.3, -0.25) is 9.52 Å². The van der Waals surface area contributed by atoms with Crippen molar-refractivity contribution >= 4 is 38.2 Å². The first-order chi connectivity index (χ1) is 18.5. The molecule has 10 nitrogen and oxygen atoms in total. The zero-order valence-electron chi connectivity index (χ0n) is 21.2. The second kappa shape index (κ2) is 9.80. The zero-order valence-corrected chi connectivity index (χ0v) is 22.0. The number of H-pyrrole nitrogens is 1. The average Bonchev–Trinajstić information content (AvgIpc) is 3.45. The molecule has 0 saturated carbocycles. The molecular formula is C27H24FN5O5S. The molecule has 5 rings (SSSR count). The van der Waals surface area contributed by atoms with Crippen molar-refractivity contribution < 1.29 is 27.1 Å². The molecule has 0 unspecified atom stereocenters. The van der Waals surface area contributed by atoms with Crippen molar-refractivity contribution in [3.63, 3.8) is 0 Å². The van der Waals surface area contributed by atoms with Gasteiger partial charge in [0, 0.05) is 17.0 Å². The van der Waals surface area contributed by atoms with Gasteiger partial charge in [-0.15, -0.1) is 0 Å². The number of nitrogens with one attached hydrogen (secondary N) is 2. The number of aryl methyl sites for hydroxylation is 1. The van der Waals surface area contributed by atoms with Gasteiger partial charge in [-0.1, -0.05) is 18.2 Å². The van der Waals surface area contributed by atoms with Crippen molar-refractivity contribution in [3.8, 4) is 22.9 Å². The number of carbonyl (C=O) groups is 1. The molecule has 200 valence electrons. The largest absolute Gasteiger partial charge is 0.495 e. The first kappa shape index (κ1) is 25.8. The first-order valence-corrected chi connectivity index (χ1v) is 13.5. The number of nitrogens with zero attached hydrogens (tertiary/aromatic N) is 2. The molecule has 0 bridgehead atoms. The van der Waals surface area contributed by atoms with Gasteiger partial charge >= 0.3 is 0 Å². The Bertz CT molecular complexity index is 1810. The highest BCUT2D eigenvalue weighted by molar-refractivity contribution is 7.92. The fourth-order valence-corrected chi connectivity index (χ4v) is 4.80. The number of para-hydroxylation sites is 1. The maximum absolute atomic E-state index is 15.2. The molecule has 0 atom stereocenters. The highest BCUT2D eigenvalue weighted by Crippen LogP contribution is 2.33. The van der Waals surface area contributed by atoms with Crippen molar-refractivity contribution in [1.82, 2.24) is 14.8 Å². The van der Waals surface area contributed by atoms with E-state index in [1.807, 2.05) is 18.2 Å². The number of anilines is 2. The van der Waals surface area contributed by atoms with Crippen LogP contribution in [0.1, 0.15) is 21.6 Å². The molecule has 0 radical (unpaired) electrons. The van der Waals surface area contributed by atoms with Gasteiger partial charge in [0.2, 0.25) is 15.8 Å². The third kappa shape index (κ3) is 5.14. The molecule has 2 heterocycles. The predicted octanol–water partition coefficient (Wildman–Crippen LogP) is 4.79. The fourth-order valence-electron chi connectivity index (χ4n) is 4.24. The number of halogens is 1. The van der Waals surface area contributed by atoms with Crippen LogP contribution in [-0.4, -0.2) is 42.3 Å². The van der Waals surface area contributed by atoms with Crippen LogP contribution in [0.4, 0.5) is 15.9 Å². The Morgan fingerprint density at radius 3 is 2.51 bits per heavy atom. The van der Waals surface area contributed by atoms with Crippen LogP contribution in [0.15, 0.2) is 66.9 Å². The standard InChI is InChI=1S/C27H24FN5O5S/c1-15-9-18(38-17-7-5-4-6-8-17)12-20(28)25(15)33-27(29)19(14-30-33)26(34)23-10-16-11-24(37-2)22(13-21(16)31-23)32-39(3,35)36/h4-14,31-32H,29H2,1-3H3. The summed E-state index contributed by atoms with van der Waals surface area (Å²) in [6.45, 7) is 1.69. The molecule has 0 amide bonds. The molecule has 2 aromatic heterocycles. The van der Waals surface area contributed by atoms with E-state index in [-0.39, 0.29) is 34.2 Å². The number of fused-ring (bicyclic) bond motifs is 1. The van der Waals surface area contributed by atoms with Crippen LogP contribution >= 0.6 is 0 Å². The Hall–Kier alpha value is -4.84. The van der Waals surface area contributed by atoms with E-state index in [9.17, 15) is 13.2 Å². The molecule has 12 heteroatoms. The van der Waals surface area contributed by atoms with Gasteiger partial charge in [0.1, 0.15) is 28.8 Å². The quantitative estimate of drug-likeness (QED) is 0.236. The highest BCUT2D eigenvalue weighted by Gasteiger charge is 2.23. The predicted molar refractivity (Wildman–Crippen MR) is 146 cm³/mol. The van der Waals surface area contributed by atoms with Gasteiger partial charge in [-0.05, 0) is 48.9 Å². The van der Waals surface area contributed by atoms with Crippen LogP contribution in [0.2, 0.25) is 0 Å². The number of aromatic nitrogens is 3. The Morgan fingerprint density at radius 1 is 1.10 bits per heavy atom. The maximum Gasteiger partial charge on any atom is 0.229 e. The van der Waals surface area contributed by atoms with E-state index in [1.54, 1.807) is 37.3 Å². The molecule has 3 aromatic carbocycles. The van der Waals surface area contributed by atoms with Crippen molar-refractivity contribution in [3.05, 3.63) is 89.5 Å². The normalized spacial score (nSPS) is 11.5. The summed E-state index contributed by atoms with van der Waals surface area (Å²) in [7, 11) is -2.16. The lowest BCUT2D eigenvalue weighted by molar-refractivity contribution is 0.103. The van der Waals surface area contributed by atoms with Crippen molar-refractivity contribution in [2.45, 2.75) is 6.92 Å². The molecule has 39 heavy (non-hydrogen) atoms. The van der Waals surface area contributed by atoms with E-state index in [4.69, 9.17) is 15.2 Å². The molecule has 0 aliphatic heterocycles. The smallest absolute Gasteiger partial charge is 0.229 e. The third-order valence-corrected chi connectivity index (χ3v) is 6.54. The Kier molecular flexibility index (Phi) is 6.48. The summed E-state index contributed by atoms with van der Waals surface area (Å²) < 4.78 is 53.3. The average molecular weight is 550 g/mol. The van der Waals surface area contributed by atoms with Crippen LogP contribution in [0.5, 0.6) is 17.2 Å². The summed E-state index contributed by atoms with van der Waals surface area (Å²) in [5.74, 6) is -0.00352. The number of ether oxygens (including phenoxy) is 2. The molecule has 0 aliphatic rings. The summed E-state index contributed by atoms with van der Waals surface area (Å²) in [6, 6.07) is 16.6. The molecule has 0 fully saturated rings. The SMILES string of the molecule is COc1cc2cc(C(=O)c3cnn(-c4c(C)cc(Oc5ccccc5)cc4F)c3N)[nH]c2cc1NS(C)(=O)=O. The van der Waals surface area contributed by atoms with E-state index in [1.165, 1.54) is 30.1 Å². The highest BCUT2D eigenvalue weighted by atomic mass is 32.2. The Balaban J connectivity index is 1.47. The van der Waals surface area contributed by atoms with Gasteiger partial charge in [0.15, 0.2) is 5.82 Å². The number of methoxy groups -OCH3 is 1. The summed E-state index contributed by atoms with van der Waals surface area (Å²) in [4.78, 5) is 16.3. The Labute approximate surface area is 223 Å². The van der Waals surface area contributed by atoms with Crippen molar-refractivity contribution in [1.29, 1.82) is 0 Å². The molecule has 5 aromatic rings. The van der Waals surface area contributed by atoms with Crippen LogP contribution in [0.25, 0.3) is 16.6 Å². The number of aromatic amines is 1. The third-order valence-electron chi connectivity index (χ3n) is 5.95. The second-order valence-electron chi connectivity index (χ2n) is 8.87. The number of nitrogens with two attached hydrogens (primary N) is 1. The van der Waals surface area contributed by atoms with Crippen molar-refractivity contribution in [2.24, 2.45) is 0 Å². The lowest BCUT2D eigenvalue weighted by Gasteiger charge is -2.13. The van der Waals surface area contributed by atoms with Crippen LogP contribution in [0.3, 0.4) is 0 Å². The van der Waals surface area contributed by atoms with Gasteiger partial charge in [0.05, 0.1) is 36.5 Å². The lowest BCUT2D eigenvalue weighted by atomic mass is 10.1. The van der Waals surface area contributed by atoms with E-state index in [2.05, 4.69) is 14.8 Å². The molecule has 0 spiro atoms. The summed E-state index contributed by atoms with van der Waals surface area (Å²) in [5.41, 5.74) is 7.81. The summed E-state index contributed by atoms with van der Waals surface area (Å²) in [5, 5.41) is 4.79. The number of carbonyl (C=O) groups excluding carboxylic acids is 1. The lowest BCUT2D eigenvalue weighted by Crippen LogP contribution is -2.10. The Morgan fingerprint density at radius 2 is 1.85 bits per heavy atom. The zero-order chi connectivity index (χ0) is 27.9. The summed E-state index contributed by atoms with van der Waals surface area (Å²) >= 11 is 0. The van der Waals surface area contributed by atoms with E-state index in [0.717, 1.165) is 6.26 Å².